The number of fused-ring (bicyclic) bond motifs is 1. The Morgan fingerprint density at radius 2 is 1.91 bits per heavy atom. The molecule has 170 valence electrons. The van der Waals surface area contributed by atoms with Crippen LogP contribution in [0.2, 0.25) is 0 Å². The molecule has 2 aromatic carbocycles. The van der Waals surface area contributed by atoms with Crippen LogP contribution in [0.5, 0.6) is 11.5 Å². The van der Waals surface area contributed by atoms with E-state index in [9.17, 15) is 9.59 Å². The Labute approximate surface area is 192 Å². The van der Waals surface area contributed by atoms with Crippen molar-refractivity contribution >= 4 is 29.3 Å². The van der Waals surface area contributed by atoms with Crippen LogP contribution >= 0.6 is 11.8 Å². The molecule has 2 amide bonds. The molecule has 2 aromatic rings. The third-order valence-electron chi connectivity index (χ3n) is 5.40. The molecule has 1 fully saturated rings. The monoisotopic (exact) mass is 456 g/mol. The predicted molar refractivity (Wildman–Crippen MR) is 124 cm³/mol. The lowest BCUT2D eigenvalue weighted by Crippen LogP contribution is -2.38. The normalized spacial score (nSPS) is 17.1. The van der Waals surface area contributed by atoms with Crippen molar-refractivity contribution in [2.45, 2.75) is 30.8 Å². The summed E-state index contributed by atoms with van der Waals surface area (Å²) < 4.78 is 16.8. The molecular formula is C24H28N2O5S. The topological polar surface area (TPSA) is 77.1 Å². The van der Waals surface area contributed by atoms with Crippen molar-refractivity contribution < 1.29 is 23.8 Å². The lowest BCUT2D eigenvalue weighted by molar-refractivity contribution is -0.116. The maximum absolute atomic E-state index is 13.2. The Balaban J connectivity index is 1.39. The van der Waals surface area contributed by atoms with Crippen molar-refractivity contribution in [2.75, 3.05) is 44.0 Å². The number of rotatable bonds is 8. The molecule has 1 saturated heterocycles. The average Bonchev–Trinajstić information content (AvgIpc) is 3.34. The van der Waals surface area contributed by atoms with Crippen LogP contribution in [0.15, 0.2) is 47.4 Å². The van der Waals surface area contributed by atoms with Gasteiger partial charge in [-0.05, 0) is 44.0 Å². The standard InChI is InChI=1S/C24H28N2O5S/c1-2-26(15-23(27)25-17-9-10-20-21(14-17)31-13-12-30-20)24(28)19-7-3-4-8-22(19)32-16-18-6-5-11-29-18/h3-4,7-10,14,18H,2,5-6,11-13,15-16H2,1H3,(H,25,27). The number of amides is 2. The number of likely N-dealkylation sites (N-methyl/N-ethyl adjacent to an activating group) is 1. The summed E-state index contributed by atoms with van der Waals surface area (Å²) in [5.74, 6) is 1.68. The Kier molecular flexibility index (Phi) is 7.55. The molecule has 2 aliphatic rings. The van der Waals surface area contributed by atoms with E-state index in [1.165, 1.54) is 0 Å². The van der Waals surface area contributed by atoms with Crippen LogP contribution in [-0.2, 0) is 9.53 Å². The lowest BCUT2D eigenvalue weighted by atomic mass is 10.2. The maximum Gasteiger partial charge on any atom is 0.255 e. The van der Waals surface area contributed by atoms with Crippen LogP contribution in [-0.4, -0.2) is 61.5 Å². The number of benzene rings is 2. The van der Waals surface area contributed by atoms with Gasteiger partial charge in [0.2, 0.25) is 5.91 Å². The second-order valence-electron chi connectivity index (χ2n) is 7.67. The van der Waals surface area contributed by atoms with Gasteiger partial charge in [-0.25, -0.2) is 0 Å². The number of ether oxygens (including phenoxy) is 3. The van der Waals surface area contributed by atoms with Gasteiger partial charge >= 0.3 is 0 Å². The van der Waals surface area contributed by atoms with Gasteiger partial charge in [-0.1, -0.05) is 12.1 Å². The third-order valence-corrected chi connectivity index (χ3v) is 6.60. The molecular weight excluding hydrogens is 428 g/mol. The highest BCUT2D eigenvalue weighted by Gasteiger charge is 2.22. The largest absolute Gasteiger partial charge is 0.486 e. The molecule has 1 unspecified atom stereocenters. The van der Waals surface area contributed by atoms with Gasteiger partial charge in [-0.3, -0.25) is 9.59 Å². The molecule has 0 saturated carbocycles. The number of hydrogen-bond donors (Lipinski definition) is 1. The minimum atomic E-state index is -0.263. The predicted octanol–water partition coefficient (Wildman–Crippen LogP) is 3.83. The van der Waals surface area contributed by atoms with E-state index in [4.69, 9.17) is 14.2 Å². The van der Waals surface area contributed by atoms with Crippen LogP contribution in [0.1, 0.15) is 30.1 Å². The first-order valence-electron chi connectivity index (χ1n) is 11.0. The number of thioether (sulfide) groups is 1. The summed E-state index contributed by atoms with van der Waals surface area (Å²) in [5.41, 5.74) is 1.22. The van der Waals surface area contributed by atoms with Crippen LogP contribution < -0.4 is 14.8 Å². The fourth-order valence-corrected chi connectivity index (χ4v) is 4.83. The molecule has 0 aromatic heterocycles. The Morgan fingerprint density at radius 1 is 1.09 bits per heavy atom. The summed E-state index contributed by atoms with van der Waals surface area (Å²) in [6, 6.07) is 12.8. The molecule has 0 aliphatic carbocycles. The molecule has 32 heavy (non-hydrogen) atoms. The highest BCUT2D eigenvalue weighted by Crippen LogP contribution is 2.32. The average molecular weight is 457 g/mol. The van der Waals surface area contributed by atoms with Crippen LogP contribution in [0, 0.1) is 0 Å². The van der Waals surface area contributed by atoms with Gasteiger partial charge in [-0.2, -0.15) is 0 Å². The van der Waals surface area contributed by atoms with Gasteiger partial charge in [0, 0.05) is 35.6 Å². The fourth-order valence-electron chi connectivity index (χ4n) is 3.72. The number of carbonyl (C=O) groups excluding carboxylic acids is 2. The molecule has 0 radical (unpaired) electrons. The highest BCUT2D eigenvalue weighted by atomic mass is 32.2. The van der Waals surface area contributed by atoms with Gasteiger partial charge in [0.25, 0.3) is 5.91 Å². The van der Waals surface area contributed by atoms with E-state index in [-0.39, 0.29) is 24.5 Å². The molecule has 0 bridgehead atoms. The van der Waals surface area contributed by atoms with E-state index in [1.807, 2.05) is 31.2 Å². The summed E-state index contributed by atoms with van der Waals surface area (Å²) in [5, 5.41) is 2.85. The number of hydrogen-bond acceptors (Lipinski definition) is 6. The number of nitrogens with zero attached hydrogens (tertiary/aromatic N) is 1. The van der Waals surface area contributed by atoms with Crippen LogP contribution in [0.3, 0.4) is 0 Å². The van der Waals surface area contributed by atoms with Gasteiger partial charge in [0.1, 0.15) is 19.8 Å². The number of nitrogens with one attached hydrogen (secondary N) is 1. The molecule has 2 heterocycles. The number of anilines is 1. The Hall–Kier alpha value is -2.71. The summed E-state index contributed by atoms with van der Waals surface area (Å²) in [4.78, 5) is 28.4. The third kappa shape index (κ3) is 5.55. The van der Waals surface area contributed by atoms with Crippen molar-refractivity contribution in [3.8, 4) is 11.5 Å². The lowest BCUT2D eigenvalue weighted by Gasteiger charge is -2.22. The van der Waals surface area contributed by atoms with Gasteiger partial charge < -0.3 is 24.4 Å². The molecule has 4 rings (SSSR count). The summed E-state index contributed by atoms with van der Waals surface area (Å²) in [7, 11) is 0. The first-order chi connectivity index (χ1) is 15.6. The van der Waals surface area contributed by atoms with Gasteiger partial charge in [-0.15, -0.1) is 11.8 Å². The fraction of sp³-hybridized carbons (Fsp3) is 0.417. The van der Waals surface area contributed by atoms with Crippen molar-refractivity contribution in [1.82, 2.24) is 4.90 Å². The molecule has 0 spiro atoms. The zero-order valence-corrected chi connectivity index (χ0v) is 19.0. The Bertz CT molecular complexity index is 961. The van der Waals surface area contributed by atoms with E-state index < -0.39 is 0 Å². The van der Waals surface area contributed by atoms with E-state index in [0.29, 0.717) is 42.5 Å². The SMILES string of the molecule is CCN(CC(=O)Nc1ccc2c(c1)OCCO2)C(=O)c1ccccc1SCC1CCCO1. The molecule has 2 aliphatic heterocycles. The summed E-state index contributed by atoms with van der Waals surface area (Å²) in [6.07, 6.45) is 2.39. The second-order valence-corrected chi connectivity index (χ2v) is 8.73. The highest BCUT2D eigenvalue weighted by molar-refractivity contribution is 7.99. The maximum atomic E-state index is 13.2. The first-order valence-corrected chi connectivity index (χ1v) is 11.9. The smallest absolute Gasteiger partial charge is 0.255 e. The van der Waals surface area contributed by atoms with E-state index >= 15 is 0 Å². The van der Waals surface area contributed by atoms with Crippen LogP contribution in [0.4, 0.5) is 5.69 Å². The van der Waals surface area contributed by atoms with Gasteiger partial charge in [0.05, 0.1) is 11.7 Å². The second kappa shape index (κ2) is 10.7. The van der Waals surface area contributed by atoms with E-state index in [2.05, 4.69) is 5.32 Å². The molecule has 1 atom stereocenters. The van der Waals surface area contributed by atoms with Crippen molar-refractivity contribution in [3.05, 3.63) is 48.0 Å². The Morgan fingerprint density at radius 3 is 2.69 bits per heavy atom. The first kappa shape index (κ1) is 22.5. The van der Waals surface area contributed by atoms with Gasteiger partial charge in [0.15, 0.2) is 11.5 Å². The molecule has 7 nitrogen and oxygen atoms in total. The van der Waals surface area contributed by atoms with E-state index in [0.717, 1.165) is 30.1 Å². The summed E-state index contributed by atoms with van der Waals surface area (Å²) >= 11 is 1.64. The molecule has 1 N–H and O–H groups in total. The molecule has 8 heteroatoms. The zero-order valence-electron chi connectivity index (χ0n) is 18.2. The quantitative estimate of drug-likeness (QED) is 0.609. The minimum absolute atomic E-state index is 0.0332. The van der Waals surface area contributed by atoms with E-state index in [1.54, 1.807) is 34.9 Å². The van der Waals surface area contributed by atoms with Crippen molar-refractivity contribution in [2.24, 2.45) is 0 Å². The zero-order chi connectivity index (χ0) is 22.3. The minimum Gasteiger partial charge on any atom is -0.486 e. The summed E-state index contributed by atoms with van der Waals surface area (Å²) in [6.45, 7) is 4.07. The van der Waals surface area contributed by atoms with Crippen molar-refractivity contribution in [3.63, 3.8) is 0 Å². The number of carbonyl (C=O) groups is 2. The van der Waals surface area contributed by atoms with Crippen molar-refractivity contribution in [1.29, 1.82) is 0 Å². The van der Waals surface area contributed by atoms with Crippen LogP contribution in [0.25, 0.3) is 0 Å².